The Labute approximate surface area is 122 Å². The molecule has 1 aromatic heterocycles. The van der Waals surface area contributed by atoms with Crippen molar-refractivity contribution < 1.29 is 0 Å². The SMILES string of the molecule is CCC(NC)c1cccc(-c2c(C)nn(CC)c2C)c1. The predicted octanol–water partition coefficient (Wildman–Crippen LogP) is 3.86. The molecule has 3 nitrogen and oxygen atoms in total. The zero-order chi connectivity index (χ0) is 14.7. The fourth-order valence-electron chi connectivity index (χ4n) is 2.94. The van der Waals surface area contributed by atoms with Gasteiger partial charge in [0, 0.05) is 23.8 Å². The smallest absolute Gasteiger partial charge is 0.0674 e. The lowest BCUT2D eigenvalue weighted by molar-refractivity contribution is 0.577. The van der Waals surface area contributed by atoms with Crippen molar-refractivity contribution in [3.8, 4) is 11.1 Å². The van der Waals surface area contributed by atoms with Crippen LogP contribution in [-0.2, 0) is 6.54 Å². The van der Waals surface area contributed by atoms with Gasteiger partial charge >= 0.3 is 0 Å². The lowest BCUT2D eigenvalue weighted by Gasteiger charge is -2.15. The molecule has 0 saturated carbocycles. The van der Waals surface area contributed by atoms with E-state index in [1.54, 1.807) is 0 Å². The highest BCUT2D eigenvalue weighted by Gasteiger charge is 2.14. The van der Waals surface area contributed by atoms with Crippen LogP contribution in [0.15, 0.2) is 24.3 Å². The van der Waals surface area contributed by atoms with E-state index in [2.05, 4.69) is 67.1 Å². The third-order valence-corrected chi connectivity index (χ3v) is 4.02. The van der Waals surface area contributed by atoms with Gasteiger partial charge in [-0.25, -0.2) is 0 Å². The van der Waals surface area contributed by atoms with Crippen molar-refractivity contribution in [2.75, 3.05) is 7.05 Å². The van der Waals surface area contributed by atoms with Crippen molar-refractivity contribution in [3.63, 3.8) is 0 Å². The van der Waals surface area contributed by atoms with Crippen LogP contribution in [0.5, 0.6) is 0 Å². The molecule has 0 aliphatic rings. The van der Waals surface area contributed by atoms with Gasteiger partial charge in [-0.1, -0.05) is 25.1 Å². The maximum absolute atomic E-state index is 4.62. The van der Waals surface area contributed by atoms with Gasteiger partial charge in [-0.3, -0.25) is 4.68 Å². The molecule has 0 aliphatic heterocycles. The van der Waals surface area contributed by atoms with Gasteiger partial charge in [0.05, 0.1) is 5.69 Å². The highest BCUT2D eigenvalue weighted by molar-refractivity contribution is 5.69. The summed E-state index contributed by atoms with van der Waals surface area (Å²) in [6.07, 6.45) is 1.09. The number of hydrogen-bond acceptors (Lipinski definition) is 2. The van der Waals surface area contributed by atoms with Crippen LogP contribution in [0.3, 0.4) is 0 Å². The van der Waals surface area contributed by atoms with Crippen LogP contribution < -0.4 is 5.32 Å². The second-order valence-corrected chi connectivity index (χ2v) is 5.24. The van der Waals surface area contributed by atoms with Crippen molar-refractivity contribution in [3.05, 3.63) is 41.2 Å². The van der Waals surface area contributed by atoms with Crippen molar-refractivity contribution in [1.82, 2.24) is 15.1 Å². The molecule has 0 amide bonds. The molecular formula is C17H25N3. The zero-order valence-corrected chi connectivity index (χ0v) is 13.2. The minimum atomic E-state index is 0.414. The van der Waals surface area contributed by atoms with Crippen LogP contribution in [-0.4, -0.2) is 16.8 Å². The van der Waals surface area contributed by atoms with Crippen molar-refractivity contribution in [2.45, 2.75) is 46.7 Å². The van der Waals surface area contributed by atoms with E-state index in [0.717, 1.165) is 18.7 Å². The molecule has 0 spiro atoms. The first-order valence-corrected chi connectivity index (χ1v) is 7.43. The fraction of sp³-hybridized carbons (Fsp3) is 0.471. The van der Waals surface area contributed by atoms with Crippen LogP contribution in [0, 0.1) is 13.8 Å². The maximum atomic E-state index is 4.62. The van der Waals surface area contributed by atoms with Crippen LogP contribution >= 0.6 is 0 Å². The number of rotatable bonds is 5. The molecule has 0 aliphatic carbocycles. The normalized spacial score (nSPS) is 12.7. The molecule has 1 unspecified atom stereocenters. The molecule has 0 bridgehead atoms. The van der Waals surface area contributed by atoms with Crippen molar-refractivity contribution in [1.29, 1.82) is 0 Å². The summed E-state index contributed by atoms with van der Waals surface area (Å²) in [5.41, 5.74) is 6.25. The summed E-state index contributed by atoms with van der Waals surface area (Å²) in [6.45, 7) is 9.51. The number of aromatic nitrogens is 2. The van der Waals surface area contributed by atoms with Gasteiger partial charge in [-0.15, -0.1) is 0 Å². The Morgan fingerprint density at radius 1 is 1.25 bits per heavy atom. The lowest BCUT2D eigenvalue weighted by Crippen LogP contribution is -2.15. The first-order valence-electron chi connectivity index (χ1n) is 7.43. The molecule has 3 heteroatoms. The standard InChI is InChI=1S/C17H25N3/c1-6-16(18-5)14-9-8-10-15(11-14)17-12(3)19-20(7-2)13(17)4/h8-11,16,18H,6-7H2,1-5H3. The Morgan fingerprint density at radius 2 is 2.00 bits per heavy atom. The topological polar surface area (TPSA) is 29.9 Å². The Hall–Kier alpha value is -1.61. The van der Waals surface area contributed by atoms with Crippen LogP contribution in [0.2, 0.25) is 0 Å². The van der Waals surface area contributed by atoms with E-state index in [1.165, 1.54) is 22.4 Å². The minimum Gasteiger partial charge on any atom is -0.313 e. The average molecular weight is 271 g/mol. The van der Waals surface area contributed by atoms with E-state index < -0.39 is 0 Å². The van der Waals surface area contributed by atoms with Crippen molar-refractivity contribution in [2.24, 2.45) is 0 Å². The maximum Gasteiger partial charge on any atom is 0.0674 e. The number of hydrogen-bond donors (Lipinski definition) is 1. The second kappa shape index (κ2) is 6.23. The molecule has 0 saturated heterocycles. The first-order chi connectivity index (χ1) is 9.62. The number of nitrogens with zero attached hydrogens (tertiary/aromatic N) is 2. The molecule has 2 rings (SSSR count). The zero-order valence-electron chi connectivity index (χ0n) is 13.2. The minimum absolute atomic E-state index is 0.414. The highest BCUT2D eigenvalue weighted by atomic mass is 15.3. The lowest BCUT2D eigenvalue weighted by atomic mass is 9.97. The summed E-state index contributed by atoms with van der Waals surface area (Å²) < 4.78 is 2.08. The molecule has 1 atom stereocenters. The first kappa shape index (κ1) is 14.8. The Morgan fingerprint density at radius 3 is 2.55 bits per heavy atom. The summed E-state index contributed by atoms with van der Waals surface area (Å²) >= 11 is 0. The molecule has 20 heavy (non-hydrogen) atoms. The molecule has 0 radical (unpaired) electrons. The Kier molecular flexibility index (Phi) is 4.61. The van der Waals surface area contributed by atoms with Gasteiger partial charge in [0.25, 0.3) is 0 Å². The van der Waals surface area contributed by atoms with Gasteiger partial charge in [-0.2, -0.15) is 5.10 Å². The third-order valence-electron chi connectivity index (χ3n) is 4.02. The van der Waals surface area contributed by atoms with Gasteiger partial charge < -0.3 is 5.32 Å². The van der Waals surface area contributed by atoms with E-state index in [9.17, 15) is 0 Å². The molecule has 2 aromatic rings. The molecule has 1 N–H and O–H groups in total. The van der Waals surface area contributed by atoms with Gasteiger partial charge in [-0.05, 0) is 51.4 Å². The number of benzene rings is 1. The number of aryl methyl sites for hydroxylation is 2. The van der Waals surface area contributed by atoms with Crippen LogP contribution in [0.1, 0.15) is 43.3 Å². The van der Waals surface area contributed by atoms with Crippen LogP contribution in [0.25, 0.3) is 11.1 Å². The van der Waals surface area contributed by atoms with E-state index >= 15 is 0 Å². The summed E-state index contributed by atoms with van der Waals surface area (Å²) in [5.74, 6) is 0. The van der Waals surface area contributed by atoms with E-state index in [0.29, 0.717) is 6.04 Å². The third kappa shape index (κ3) is 2.63. The van der Waals surface area contributed by atoms with Gasteiger partial charge in [0.1, 0.15) is 0 Å². The molecular weight excluding hydrogens is 246 g/mol. The Bertz CT molecular complexity index is 580. The number of nitrogens with one attached hydrogen (secondary N) is 1. The van der Waals surface area contributed by atoms with Crippen molar-refractivity contribution >= 4 is 0 Å². The van der Waals surface area contributed by atoms with E-state index in [4.69, 9.17) is 0 Å². The molecule has 0 fully saturated rings. The average Bonchev–Trinajstić information content (AvgIpc) is 2.75. The summed E-state index contributed by atoms with van der Waals surface area (Å²) in [6, 6.07) is 9.23. The summed E-state index contributed by atoms with van der Waals surface area (Å²) in [4.78, 5) is 0. The predicted molar refractivity (Wildman–Crippen MR) is 84.9 cm³/mol. The van der Waals surface area contributed by atoms with Gasteiger partial charge in [0.15, 0.2) is 0 Å². The molecule has 1 aromatic carbocycles. The fourth-order valence-corrected chi connectivity index (χ4v) is 2.94. The summed E-state index contributed by atoms with van der Waals surface area (Å²) in [5, 5.41) is 7.99. The van der Waals surface area contributed by atoms with E-state index in [-0.39, 0.29) is 0 Å². The summed E-state index contributed by atoms with van der Waals surface area (Å²) in [7, 11) is 2.02. The Balaban J connectivity index is 2.48. The molecule has 1 heterocycles. The highest BCUT2D eigenvalue weighted by Crippen LogP contribution is 2.29. The second-order valence-electron chi connectivity index (χ2n) is 5.24. The molecule has 108 valence electrons. The largest absolute Gasteiger partial charge is 0.313 e. The van der Waals surface area contributed by atoms with Gasteiger partial charge in [0.2, 0.25) is 0 Å². The van der Waals surface area contributed by atoms with E-state index in [1.807, 2.05) is 7.05 Å². The quantitative estimate of drug-likeness (QED) is 0.895. The monoisotopic (exact) mass is 271 g/mol. The van der Waals surface area contributed by atoms with Crippen LogP contribution in [0.4, 0.5) is 0 Å².